The third-order valence-corrected chi connectivity index (χ3v) is 12.2. The summed E-state index contributed by atoms with van der Waals surface area (Å²) >= 11 is 21.4. The number of carbonyl (C=O) groups excluding carboxylic acids is 4. The van der Waals surface area contributed by atoms with Crippen LogP contribution >= 0.6 is 48.9 Å². The van der Waals surface area contributed by atoms with Gasteiger partial charge in [0, 0.05) is 49.9 Å². The van der Waals surface area contributed by atoms with Crippen LogP contribution < -0.4 is 51.3 Å². The van der Waals surface area contributed by atoms with Crippen LogP contribution in [0.1, 0.15) is 91.9 Å². The summed E-state index contributed by atoms with van der Waals surface area (Å²) in [7, 11) is 6.82. The molecule has 0 radical (unpaired) electrons. The fraction of sp³-hybridized carbons (Fsp3) is 0.733. The Morgan fingerprint density at radius 1 is 0.447 bits per heavy atom. The molecule has 0 saturated heterocycles. The van der Waals surface area contributed by atoms with Gasteiger partial charge in [0.15, 0.2) is 0 Å². The Balaban J connectivity index is 0.000000320. The first-order chi connectivity index (χ1) is 21.1. The van der Waals surface area contributed by atoms with E-state index in [4.69, 9.17) is 48.9 Å². The van der Waals surface area contributed by atoms with Gasteiger partial charge in [-0.05, 0) is 51.4 Å². The molecule has 4 fully saturated rings. The SMILES string of the molecule is CN(NC(=O)CC(=O)NN(C)C(=S)C1(C)CC1)C(=S)C1(C)CC1.CN(NC(=O)CC(=O)NN(C)C(=S)C1(C)CC1)C(=S)C1(C)CC1.[Na+]. The van der Waals surface area contributed by atoms with E-state index in [-0.39, 0.29) is 64.1 Å². The molecule has 0 heterocycles. The van der Waals surface area contributed by atoms with E-state index in [1.54, 1.807) is 28.2 Å². The molecule has 0 bridgehead atoms. The van der Waals surface area contributed by atoms with E-state index in [1.165, 1.54) is 20.0 Å². The zero-order valence-corrected chi connectivity index (χ0v) is 34.4. The Morgan fingerprint density at radius 2 is 0.596 bits per heavy atom. The van der Waals surface area contributed by atoms with Gasteiger partial charge in [-0.2, -0.15) is 0 Å². The Kier molecular flexibility index (Phi) is 14.1. The van der Waals surface area contributed by atoms with Gasteiger partial charge in [-0.1, -0.05) is 76.6 Å². The van der Waals surface area contributed by atoms with E-state index in [9.17, 15) is 19.2 Å². The maximum Gasteiger partial charge on any atom is 1.00 e. The van der Waals surface area contributed by atoms with Gasteiger partial charge in [-0.25, -0.2) is 0 Å². The van der Waals surface area contributed by atoms with E-state index >= 15 is 0 Å². The second kappa shape index (κ2) is 16.0. The van der Waals surface area contributed by atoms with Crippen LogP contribution in [0.4, 0.5) is 0 Å². The molecule has 4 aliphatic rings. The van der Waals surface area contributed by atoms with Gasteiger partial charge in [0.2, 0.25) is 23.6 Å². The molecule has 256 valence electrons. The molecule has 47 heavy (non-hydrogen) atoms. The second-order valence-corrected chi connectivity index (χ2v) is 15.7. The molecule has 17 heteroatoms. The minimum Gasteiger partial charge on any atom is -0.281 e. The zero-order chi connectivity index (χ0) is 34.8. The molecular weight excluding hydrogens is 688 g/mol. The summed E-state index contributed by atoms with van der Waals surface area (Å²) in [4.78, 5) is 50.6. The Bertz CT molecular complexity index is 1120. The van der Waals surface area contributed by atoms with E-state index in [2.05, 4.69) is 49.4 Å². The quantitative estimate of drug-likeness (QED) is 0.117. The largest absolute Gasteiger partial charge is 1.00 e. The van der Waals surface area contributed by atoms with Gasteiger partial charge < -0.3 is 0 Å². The monoisotopic (exact) mass is 735 g/mol. The predicted octanol–water partition coefficient (Wildman–Crippen LogP) is 0.119. The molecule has 0 aliphatic heterocycles. The average molecular weight is 736 g/mol. The normalized spacial score (nSPS) is 18.9. The Hall–Kier alpha value is -1.56. The van der Waals surface area contributed by atoms with Crippen molar-refractivity contribution in [1.29, 1.82) is 0 Å². The molecule has 0 unspecified atom stereocenters. The van der Waals surface area contributed by atoms with Gasteiger partial charge >= 0.3 is 29.6 Å². The van der Waals surface area contributed by atoms with Crippen molar-refractivity contribution in [2.45, 2.75) is 91.9 Å². The molecule has 4 saturated carbocycles. The summed E-state index contributed by atoms with van der Waals surface area (Å²) in [6, 6.07) is 0. The fourth-order valence-electron chi connectivity index (χ4n) is 4.63. The summed E-state index contributed by atoms with van der Waals surface area (Å²) in [5.74, 6) is -1.58. The molecule has 0 aromatic heterocycles. The maximum atomic E-state index is 12.0. The number of amides is 4. The fourth-order valence-corrected chi connectivity index (χ4v) is 5.63. The summed E-state index contributed by atoms with van der Waals surface area (Å²) in [6.45, 7) is 8.27. The molecule has 4 aliphatic carbocycles. The number of hydrogen-bond donors (Lipinski definition) is 4. The van der Waals surface area contributed by atoms with Crippen LogP contribution in [0.5, 0.6) is 0 Å². The van der Waals surface area contributed by atoms with E-state index < -0.39 is 23.6 Å². The third-order valence-electron chi connectivity index (χ3n) is 9.10. The molecule has 0 atom stereocenters. The van der Waals surface area contributed by atoms with Crippen molar-refractivity contribution >= 4 is 92.5 Å². The Labute approximate surface area is 322 Å². The molecular formula is C30H48N8NaO4S4+. The number of nitrogens with one attached hydrogen (secondary N) is 4. The van der Waals surface area contributed by atoms with Gasteiger partial charge in [0.25, 0.3) is 0 Å². The van der Waals surface area contributed by atoms with Crippen LogP contribution in [0.2, 0.25) is 0 Å². The summed E-state index contributed by atoms with van der Waals surface area (Å²) in [5, 5.41) is 6.16. The first-order valence-corrected chi connectivity index (χ1v) is 17.1. The van der Waals surface area contributed by atoms with E-state index in [0.717, 1.165) is 51.4 Å². The number of rotatable bonds is 8. The van der Waals surface area contributed by atoms with Crippen LogP contribution in [0.25, 0.3) is 0 Å². The summed E-state index contributed by atoms with van der Waals surface area (Å²) in [6.07, 6.45) is 7.74. The van der Waals surface area contributed by atoms with Gasteiger partial charge in [-0.3, -0.25) is 60.9 Å². The van der Waals surface area contributed by atoms with Crippen LogP contribution in [0, 0.1) is 21.7 Å². The average Bonchev–Trinajstić information content (AvgIpc) is 3.76. The Morgan fingerprint density at radius 3 is 0.723 bits per heavy atom. The van der Waals surface area contributed by atoms with Crippen molar-refractivity contribution in [3.8, 4) is 0 Å². The first-order valence-electron chi connectivity index (χ1n) is 15.5. The predicted molar refractivity (Wildman–Crippen MR) is 193 cm³/mol. The minimum atomic E-state index is -0.395. The van der Waals surface area contributed by atoms with Crippen LogP contribution in [-0.4, -0.2) is 91.8 Å². The van der Waals surface area contributed by atoms with Crippen molar-refractivity contribution < 1.29 is 48.7 Å². The van der Waals surface area contributed by atoms with E-state index in [0.29, 0.717) is 20.0 Å². The molecule has 4 rings (SSSR count). The topological polar surface area (TPSA) is 129 Å². The van der Waals surface area contributed by atoms with Gasteiger partial charge in [0.1, 0.15) is 32.8 Å². The van der Waals surface area contributed by atoms with Crippen molar-refractivity contribution in [1.82, 2.24) is 41.7 Å². The number of hydrazine groups is 4. The van der Waals surface area contributed by atoms with Crippen molar-refractivity contribution in [2.24, 2.45) is 21.7 Å². The van der Waals surface area contributed by atoms with Crippen molar-refractivity contribution in [2.75, 3.05) is 28.2 Å². The molecule has 4 N–H and O–H groups in total. The van der Waals surface area contributed by atoms with Gasteiger partial charge in [-0.15, -0.1) is 0 Å². The number of nitrogens with zero attached hydrogens (tertiary/aromatic N) is 4. The second-order valence-electron chi connectivity index (χ2n) is 14.2. The standard InChI is InChI=1S/2C15H24N4O2S2.Na/c2*1-14(5-6-14)12(22)18(3)16-10(20)9-11(21)17-19(4)13(23)15(2)7-8-15;/h2*5-9H2,1-4H3,(H,16,20)(H,17,21);/q;;+1. The van der Waals surface area contributed by atoms with Crippen LogP contribution in [0.15, 0.2) is 0 Å². The zero-order valence-electron chi connectivity index (χ0n) is 29.1. The third kappa shape index (κ3) is 11.8. The molecule has 0 aromatic carbocycles. The van der Waals surface area contributed by atoms with Crippen LogP contribution in [-0.2, 0) is 19.2 Å². The van der Waals surface area contributed by atoms with Crippen LogP contribution in [0.3, 0.4) is 0 Å². The number of carbonyl (C=O) groups is 4. The number of hydrogen-bond acceptors (Lipinski definition) is 8. The summed E-state index contributed by atoms with van der Waals surface area (Å²) < 4.78 is 0. The minimum absolute atomic E-state index is 0. The number of thiocarbonyl (C=S) groups is 4. The molecule has 0 spiro atoms. The molecule has 4 amide bonds. The maximum absolute atomic E-state index is 12.0. The molecule has 12 nitrogen and oxygen atoms in total. The molecule has 0 aromatic rings. The summed E-state index contributed by atoms with van der Waals surface area (Å²) in [5.41, 5.74) is 10.6. The van der Waals surface area contributed by atoms with E-state index in [1.807, 2.05) is 0 Å². The van der Waals surface area contributed by atoms with Crippen molar-refractivity contribution in [3.05, 3.63) is 0 Å². The smallest absolute Gasteiger partial charge is 0.281 e. The van der Waals surface area contributed by atoms with Gasteiger partial charge in [0.05, 0.1) is 0 Å². The van der Waals surface area contributed by atoms with Crippen molar-refractivity contribution in [3.63, 3.8) is 0 Å². The first kappa shape index (κ1) is 41.6.